The van der Waals surface area contributed by atoms with Gasteiger partial charge in [-0.05, 0) is 12.1 Å². The third kappa shape index (κ3) is 2.15. The van der Waals surface area contributed by atoms with E-state index in [1.54, 1.807) is 24.2 Å². The van der Waals surface area contributed by atoms with E-state index in [-0.39, 0.29) is 11.9 Å². The number of carbonyl (C=O) groups is 1. The molecule has 2 heterocycles. The van der Waals surface area contributed by atoms with Gasteiger partial charge in [0.15, 0.2) is 0 Å². The standard InChI is InChI=1S/C15H17N3O2/c1-18(13-8-16-9-14(13)19)15(20)11-6-7-17-12-5-3-2-4-10(11)12/h2-7,13-14,16,19H,8-9H2,1H3/t13-,14-/m1/s1. The van der Waals surface area contributed by atoms with Gasteiger partial charge in [-0.1, -0.05) is 18.2 Å². The number of pyridine rings is 1. The van der Waals surface area contributed by atoms with E-state index in [1.807, 2.05) is 24.3 Å². The van der Waals surface area contributed by atoms with Crippen LogP contribution in [0.3, 0.4) is 0 Å². The van der Waals surface area contributed by atoms with Gasteiger partial charge in [0.25, 0.3) is 5.91 Å². The summed E-state index contributed by atoms with van der Waals surface area (Å²) in [6.07, 6.45) is 1.13. The number of fused-ring (bicyclic) bond motifs is 1. The lowest BCUT2D eigenvalue weighted by Gasteiger charge is -2.26. The third-order valence-corrected chi connectivity index (χ3v) is 3.85. The highest BCUT2D eigenvalue weighted by Gasteiger charge is 2.31. The van der Waals surface area contributed by atoms with Crippen LogP contribution < -0.4 is 5.32 Å². The summed E-state index contributed by atoms with van der Waals surface area (Å²) in [6.45, 7) is 1.14. The van der Waals surface area contributed by atoms with Crippen molar-refractivity contribution in [2.24, 2.45) is 0 Å². The topological polar surface area (TPSA) is 65.5 Å². The lowest BCUT2D eigenvalue weighted by atomic mass is 10.1. The van der Waals surface area contributed by atoms with Crippen LogP contribution in [-0.4, -0.2) is 53.2 Å². The van der Waals surface area contributed by atoms with Crippen LogP contribution in [-0.2, 0) is 0 Å². The molecule has 0 bridgehead atoms. The molecule has 1 aromatic heterocycles. The molecule has 1 aliphatic rings. The zero-order valence-electron chi connectivity index (χ0n) is 11.3. The second kappa shape index (κ2) is 5.19. The number of para-hydroxylation sites is 1. The summed E-state index contributed by atoms with van der Waals surface area (Å²) in [6, 6.07) is 9.13. The predicted octanol–water partition coefficient (Wildman–Crippen LogP) is 0.639. The van der Waals surface area contributed by atoms with Crippen molar-refractivity contribution in [2.75, 3.05) is 20.1 Å². The second-order valence-electron chi connectivity index (χ2n) is 5.08. The molecule has 5 nitrogen and oxygen atoms in total. The van der Waals surface area contributed by atoms with E-state index in [0.29, 0.717) is 18.7 Å². The van der Waals surface area contributed by atoms with Gasteiger partial charge in [-0.3, -0.25) is 9.78 Å². The highest BCUT2D eigenvalue weighted by Crippen LogP contribution is 2.19. The van der Waals surface area contributed by atoms with Crippen molar-refractivity contribution in [3.63, 3.8) is 0 Å². The lowest BCUT2D eigenvalue weighted by molar-refractivity contribution is 0.0583. The van der Waals surface area contributed by atoms with Gasteiger partial charge in [-0.25, -0.2) is 0 Å². The smallest absolute Gasteiger partial charge is 0.254 e. The van der Waals surface area contributed by atoms with Crippen LogP contribution in [0.4, 0.5) is 0 Å². The molecule has 0 spiro atoms. The maximum absolute atomic E-state index is 12.7. The van der Waals surface area contributed by atoms with Crippen LogP contribution in [0.2, 0.25) is 0 Å². The number of amides is 1. The van der Waals surface area contributed by atoms with Gasteiger partial charge >= 0.3 is 0 Å². The van der Waals surface area contributed by atoms with Crippen LogP contribution >= 0.6 is 0 Å². The van der Waals surface area contributed by atoms with E-state index in [4.69, 9.17) is 0 Å². The second-order valence-corrected chi connectivity index (χ2v) is 5.08. The van der Waals surface area contributed by atoms with Crippen LogP contribution in [0, 0.1) is 0 Å². The number of hydrogen-bond acceptors (Lipinski definition) is 4. The molecule has 0 unspecified atom stereocenters. The Labute approximate surface area is 117 Å². The number of aliphatic hydroxyl groups excluding tert-OH is 1. The summed E-state index contributed by atoms with van der Waals surface area (Å²) in [5.74, 6) is -0.0867. The predicted molar refractivity (Wildman–Crippen MR) is 76.5 cm³/mol. The Morgan fingerprint density at radius 1 is 1.35 bits per heavy atom. The summed E-state index contributed by atoms with van der Waals surface area (Å²) in [5.41, 5.74) is 1.43. The zero-order chi connectivity index (χ0) is 14.1. The molecule has 20 heavy (non-hydrogen) atoms. The summed E-state index contributed by atoms with van der Waals surface area (Å²) in [7, 11) is 1.73. The van der Waals surface area contributed by atoms with E-state index >= 15 is 0 Å². The average molecular weight is 271 g/mol. The summed E-state index contributed by atoms with van der Waals surface area (Å²) in [5, 5.41) is 13.8. The first-order chi connectivity index (χ1) is 9.68. The first-order valence-electron chi connectivity index (χ1n) is 6.68. The van der Waals surface area contributed by atoms with Crippen LogP contribution in [0.1, 0.15) is 10.4 Å². The highest BCUT2D eigenvalue weighted by molar-refractivity contribution is 6.06. The van der Waals surface area contributed by atoms with Gasteiger partial charge in [-0.15, -0.1) is 0 Å². The quantitative estimate of drug-likeness (QED) is 0.841. The molecule has 0 radical (unpaired) electrons. The Hall–Kier alpha value is -1.98. The molecular formula is C15H17N3O2. The Balaban J connectivity index is 1.96. The van der Waals surface area contributed by atoms with Gasteiger partial charge in [-0.2, -0.15) is 0 Å². The molecule has 0 saturated carbocycles. The summed E-state index contributed by atoms with van der Waals surface area (Å²) in [4.78, 5) is 18.5. The van der Waals surface area contributed by atoms with Gasteiger partial charge < -0.3 is 15.3 Å². The molecule has 1 fully saturated rings. The first-order valence-corrected chi connectivity index (χ1v) is 6.68. The molecule has 104 valence electrons. The molecule has 2 aromatic rings. The van der Waals surface area contributed by atoms with Gasteiger partial charge in [0.05, 0.1) is 23.2 Å². The monoisotopic (exact) mass is 271 g/mol. The number of hydrogen-bond donors (Lipinski definition) is 2. The van der Waals surface area contributed by atoms with E-state index in [2.05, 4.69) is 10.3 Å². The average Bonchev–Trinajstić information content (AvgIpc) is 2.91. The van der Waals surface area contributed by atoms with Gasteiger partial charge in [0, 0.05) is 31.7 Å². The largest absolute Gasteiger partial charge is 0.390 e. The summed E-state index contributed by atoms with van der Waals surface area (Å²) < 4.78 is 0. The van der Waals surface area contributed by atoms with Crippen molar-refractivity contribution >= 4 is 16.8 Å². The molecular weight excluding hydrogens is 254 g/mol. The maximum atomic E-state index is 12.7. The van der Waals surface area contributed by atoms with Gasteiger partial charge in [0.2, 0.25) is 0 Å². The van der Waals surface area contributed by atoms with Crippen molar-refractivity contribution in [1.82, 2.24) is 15.2 Å². The number of β-amino-alcohol motifs (C(OH)–C–C–N with tert-alkyl or cyclic N) is 1. The van der Waals surface area contributed by atoms with E-state index in [1.165, 1.54) is 0 Å². The third-order valence-electron chi connectivity index (χ3n) is 3.85. The fraction of sp³-hybridized carbons (Fsp3) is 0.333. The number of rotatable bonds is 2. The van der Waals surface area contributed by atoms with Crippen LogP contribution in [0.15, 0.2) is 36.5 Å². The molecule has 3 rings (SSSR count). The SMILES string of the molecule is CN(C(=O)c1ccnc2ccccc12)[C@@H]1CNC[C@H]1O. The van der Waals surface area contributed by atoms with E-state index < -0.39 is 6.10 Å². The van der Waals surface area contributed by atoms with Gasteiger partial charge in [0.1, 0.15) is 0 Å². The van der Waals surface area contributed by atoms with Crippen molar-refractivity contribution in [2.45, 2.75) is 12.1 Å². The first kappa shape index (κ1) is 13.0. The number of nitrogens with one attached hydrogen (secondary N) is 1. The molecule has 2 N–H and O–H groups in total. The lowest BCUT2D eigenvalue weighted by Crippen LogP contribution is -2.44. The van der Waals surface area contributed by atoms with Crippen LogP contribution in [0.5, 0.6) is 0 Å². The van der Waals surface area contributed by atoms with Crippen molar-refractivity contribution in [3.8, 4) is 0 Å². The number of aliphatic hydroxyl groups is 1. The van der Waals surface area contributed by atoms with Crippen molar-refractivity contribution < 1.29 is 9.90 Å². The maximum Gasteiger partial charge on any atom is 0.254 e. The number of carbonyl (C=O) groups excluding carboxylic acids is 1. The van der Waals surface area contributed by atoms with Crippen molar-refractivity contribution in [3.05, 3.63) is 42.1 Å². The number of likely N-dealkylation sites (N-methyl/N-ethyl adjacent to an activating group) is 1. The minimum atomic E-state index is -0.517. The number of nitrogens with zero attached hydrogens (tertiary/aromatic N) is 2. The summed E-state index contributed by atoms with van der Waals surface area (Å²) >= 11 is 0. The molecule has 2 atom stereocenters. The molecule has 1 saturated heterocycles. The molecule has 1 aliphatic heterocycles. The number of benzene rings is 1. The minimum Gasteiger partial charge on any atom is -0.390 e. The normalized spacial score (nSPS) is 22.1. The number of aromatic nitrogens is 1. The van der Waals surface area contributed by atoms with Crippen LogP contribution in [0.25, 0.3) is 10.9 Å². The Morgan fingerprint density at radius 2 is 2.15 bits per heavy atom. The minimum absolute atomic E-state index is 0.0867. The molecule has 5 heteroatoms. The highest BCUT2D eigenvalue weighted by atomic mass is 16.3. The Kier molecular flexibility index (Phi) is 3.38. The van der Waals surface area contributed by atoms with Crippen molar-refractivity contribution in [1.29, 1.82) is 0 Å². The molecule has 1 aromatic carbocycles. The zero-order valence-corrected chi connectivity index (χ0v) is 11.3. The van der Waals surface area contributed by atoms with E-state index in [0.717, 1.165) is 10.9 Å². The molecule has 1 amide bonds. The Morgan fingerprint density at radius 3 is 2.90 bits per heavy atom. The fourth-order valence-corrected chi connectivity index (χ4v) is 2.67. The Bertz CT molecular complexity index is 639. The molecule has 0 aliphatic carbocycles. The fourth-order valence-electron chi connectivity index (χ4n) is 2.67. The van der Waals surface area contributed by atoms with E-state index in [9.17, 15) is 9.90 Å².